The fourth-order valence-corrected chi connectivity index (χ4v) is 4.59. The van der Waals surface area contributed by atoms with Crippen molar-refractivity contribution in [1.82, 2.24) is 4.98 Å². The first-order chi connectivity index (χ1) is 16.8. The van der Waals surface area contributed by atoms with E-state index in [1.54, 1.807) is 13.8 Å². The predicted molar refractivity (Wildman–Crippen MR) is 124 cm³/mol. The van der Waals surface area contributed by atoms with Crippen LogP contribution in [0.5, 0.6) is 5.75 Å². The quantitative estimate of drug-likeness (QED) is 0.306. The molecule has 3 aromatic carbocycles. The van der Waals surface area contributed by atoms with Gasteiger partial charge < -0.3 is 14.3 Å². The van der Waals surface area contributed by atoms with Gasteiger partial charge in [-0.3, -0.25) is 4.72 Å². The molecule has 2 N–H and O–H groups in total. The average Bonchev–Trinajstić information content (AvgIpc) is 3.21. The topological polar surface area (TPSA) is 119 Å². The Bertz CT molecular complexity index is 1540. The number of alkyl halides is 3. The number of aromatic carboxylic acids is 1. The number of oxazole rings is 1. The molecule has 8 nitrogen and oxygen atoms in total. The number of sulfonamides is 1. The van der Waals surface area contributed by atoms with E-state index in [4.69, 9.17) is 4.42 Å². The molecule has 0 saturated heterocycles. The van der Waals surface area contributed by atoms with Crippen LogP contribution in [0.1, 0.15) is 35.7 Å². The second-order valence-corrected chi connectivity index (χ2v) is 9.77. The summed E-state index contributed by atoms with van der Waals surface area (Å²) < 4.78 is 74.7. The fraction of sp³-hybridized carbons (Fsp3) is 0.167. The van der Waals surface area contributed by atoms with Gasteiger partial charge >= 0.3 is 12.3 Å². The summed E-state index contributed by atoms with van der Waals surface area (Å²) in [7, 11) is -4.12. The van der Waals surface area contributed by atoms with Gasteiger partial charge in [0.15, 0.2) is 5.58 Å². The van der Waals surface area contributed by atoms with Gasteiger partial charge in [-0.2, -0.15) is 0 Å². The Morgan fingerprint density at radius 1 is 1.06 bits per heavy atom. The van der Waals surface area contributed by atoms with Crippen molar-refractivity contribution in [3.63, 3.8) is 0 Å². The number of nitrogens with zero attached hydrogens (tertiary/aromatic N) is 1. The van der Waals surface area contributed by atoms with Crippen molar-refractivity contribution in [2.24, 2.45) is 0 Å². The van der Waals surface area contributed by atoms with Crippen LogP contribution in [0.4, 0.5) is 18.9 Å². The van der Waals surface area contributed by atoms with Crippen LogP contribution >= 0.6 is 0 Å². The summed E-state index contributed by atoms with van der Waals surface area (Å²) in [6, 6.07) is 13.2. The summed E-state index contributed by atoms with van der Waals surface area (Å²) in [5.41, 5.74) is 1.56. The molecule has 0 spiro atoms. The molecule has 1 aromatic heterocycles. The summed E-state index contributed by atoms with van der Waals surface area (Å²) in [5, 5.41) is 9.48. The van der Waals surface area contributed by atoms with Crippen LogP contribution in [0, 0.1) is 0 Å². The molecule has 0 bridgehead atoms. The normalized spacial score (nSPS) is 12.2. The van der Waals surface area contributed by atoms with Gasteiger partial charge in [-0.15, -0.1) is 13.2 Å². The maximum atomic E-state index is 12.9. The summed E-state index contributed by atoms with van der Waals surface area (Å²) in [6.07, 6.45) is -4.81. The lowest BCUT2D eigenvalue weighted by Gasteiger charge is -2.13. The molecule has 0 atom stereocenters. The monoisotopic (exact) mass is 520 g/mol. The highest BCUT2D eigenvalue weighted by atomic mass is 32.2. The third kappa shape index (κ3) is 5.43. The molecule has 0 aliphatic carbocycles. The van der Waals surface area contributed by atoms with Crippen molar-refractivity contribution in [2.45, 2.75) is 31.0 Å². The van der Waals surface area contributed by atoms with Crippen molar-refractivity contribution < 1.29 is 40.6 Å². The Morgan fingerprint density at radius 3 is 2.36 bits per heavy atom. The van der Waals surface area contributed by atoms with Gasteiger partial charge in [-0.1, -0.05) is 19.9 Å². The Morgan fingerprint density at radius 2 is 1.75 bits per heavy atom. The van der Waals surface area contributed by atoms with E-state index in [1.807, 2.05) is 0 Å². The van der Waals surface area contributed by atoms with Gasteiger partial charge in [0.05, 0.1) is 16.1 Å². The van der Waals surface area contributed by atoms with Gasteiger partial charge in [0.1, 0.15) is 11.3 Å². The second-order valence-electron chi connectivity index (χ2n) is 8.09. The lowest BCUT2D eigenvalue weighted by atomic mass is 9.97. The number of fused-ring (bicyclic) bond motifs is 1. The molecule has 0 aliphatic heterocycles. The Kier molecular flexibility index (Phi) is 6.39. The summed E-state index contributed by atoms with van der Waals surface area (Å²) in [5.74, 6) is -1.63. The number of hydrogen-bond acceptors (Lipinski definition) is 6. The lowest BCUT2D eigenvalue weighted by molar-refractivity contribution is -0.274. The van der Waals surface area contributed by atoms with Crippen LogP contribution < -0.4 is 9.46 Å². The van der Waals surface area contributed by atoms with Crippen molar-refractivity contribution in [3.05, 3.63) is 71.8 Å². The lowest BCUT2D eigenvalue weighted by Crippen LogP contribution is -2.16. The fourth-order valence-electron chi connectivity index (χ4n) is 3.52. The smallest absolute Gasteiger partial charge is 0.478 e. The average molecular weight is 520 g/mol. The predicted octanol–water partition coefficient (Wildman–Crippen LogP) is 6.02. The first-order valence-corrected chi connectivity index (χ1v) is 12.0. The minimum absolute atomic E-state index is 0.101. The Hall–Kier alpha value is -4.06. The van der Waals surface area contributed by atoms with Crippen molar-refractivity contribution in [2.75, 3.05) is 4.72 Å². The number of carbonyl (C=O) groups is 1. The van der Waals surface area contributed by atoms with E-state index in [0.717, 1.165) is 18.2 Å². The molecule has 0 amide bonds. The van der Waals surface area contributed by atoms with Crippen LogP contribution in [-0.4, -0.2) is 30.8 Å². The van der Waals surface area contributed by atoms with Crippen LogP contribution in [0.2, 0.25) is 0 Å². The van der Waals surface area contributed by atoms with E-state index < -0.39 is 28.1 Å². The van der Waals surface area contributed by atoms with E-state index in [9.17, 15) is 31.5 Å². The standard InChI is InChI=1S/C24H19F3N2O6S/c1-13(2)18-9-8-17(12-19(18)23(30)31)36(32,33)29-15-5-10-21-20(11-15)28-22(34-21)14-3-6-16(7-4-14)35-24(25,26)27/h3-13,29H,1-2H3,(H,30,31). The van der Waals surface area contributed by atoms with Crippen LogP contribution in [0.25, 0.3) is 22.6 Å². The number of benzene rings is 3. The third-order valence-corrected chi connectivity index (χ3v) is 6.54. The molecule has 0 aliphatic rings. The van der Waals surface area contributed by atoms with Gasteiger partial charge in [-0.25, -0.2) is 18.2 Å². The first-order valence-electron chi connectivity index (χ1n) is 10.5. The highest BCUT2D eigenvalue weighted by Gasteiger charge is 2.31. The van der Waals surface area contributed by atoms with Gasteiger partial charge in [0, 0.05) is 5.56 Å². The SMILES string of the molecule is CC(C)c1ccc(S(=O)(=O)Nc2ccc3oc(-c4ccc(OC(F)(F)F)cc4)nc3c2)cc1C(=O)O. The number of carboxylic acid groups (broad SMARTS) is 1. The van der Waals surface area contributed by atoms with Crippen LogP contribution in [0.3, 0.4) is 0 Å². The number of ether oxygens (including phenoxy) is 1. The van der Waals surface area contributed by atoms with Gasteiger partial charge in [0.25, 0.3) is 10.0 Å². The molecular formula is C24H19F3N2O6S. The maximum absolute atomic E-state index is 12.9. The highest BCUT2D eigenvalue weighted by molar-refractivity contribution is 7.92. The Balaban J connectivity index is 1.59. The van der Waals surface area contributed by atoms with Crippen molar-refractivity contribution in [3.8, 4) is 17.2 Å². The second kappa shape index (κ2) is 9.19. The van der Waals surface area contributed by atoms with E-state index in [2.05, 4.69) is 14.4 Å². The van der Waals surface area contributed by atoms with Crippen LogP contribution in [-0.2, 0) is 10.0 Å². The zero-order valence-electron chi connectivity index (χ0n) is 18.8. The minimum Gasteiger partial charge on any atom is -0.478 e. The largest absolute Gasteiger partial charge is 0.573 e. The van der Waals surface area contributed by atoms with Crippen molar-refractivity contribution >= 4 is 32.8 Å². The number of anilines is 1. The van der Waals surface area contributed by atoms with E-state index in [0.29, 0.717) is 22.2 Å². The van der Waals surface area contributed by atoms with Gasteiger partial charge in [0.2, 0.25) is 5.89 Å². The molecule has 188 valence electrons. The maximum Gasteiger partial charge on any atom is 0.573 e. The number of rotatable bonds is 7. The molecule has 4 aromatic rings. The molecule has 0 saturated carbocycles. The van der Waals surface area contributed by atoms with Crippen molar-refractivity contribution in [1.29, 1.82) is 0 Å². The highest BCUT2D eigenvalue weighted by Crippen LogP contribution is 2.30. The molecule has 36 heavy (non-hydrogen) atoms. The van der Waals surface area contributed by atoms with Gasteiger partial charge in [-0.05, 0) is 66.1 Å². The molecule has 0 fully saturated rings. The molecule has 0 radical (unpaired) electrons. The molecule has 1 heterocycles. The van der Waals surface area contributed by atoms with E-state index in [-0.39, 0.29) is 28.0 Å². The zero-order chi connectivity index (χ0) is 26.3. The minimum atomic E-state index is -4.81. The van der Waals surface area contributed by atoms with E-state index >= 15 is 0 Å². The number of carboxylic acids is 1. The molecule has 4 rings (SSSR count). The van der Waals surface area contributed by atoms with Crippen LogP contribution in [0.15, 0.2) is 70.0 Å². The summed E-state index contributed by atoms with van der Waals surface area (Å²) >= 11 is 0. The molecular weight excluding hydrogens is 501 g/mol. The number of hydrogen-bond donors (Lipinski definition) is 2. The zero-order valence-corrected chi connectivity index (χ0v) is 19.6. The number of nitrogens with one attached hydrogen (secondary N) is 1. The Labute approximate surface area is 203 Å². The summed E-state index contributed by atoms with van der Waals surface area (Å²) in [4.78, 5) is 15.7. The third-order valence-electron chi connectivity index (χ3n) is 5.16. The summed E-state index contributed by atoms with van der Waals surface area (Å²) in [6.45, 7) is 3.61. The molecule has 0 unspecified atom stereocenters. The van der Waals surface area contributed by atoms with E-state index in [1.165, 1.54) is 42.5 Å². The number of aromatic nitrogens is 1. The number of halogens is 3. The first kappa shape index (κ1) is 25.0. The molecule has 12 heteroatoms.